The van der Waals surface area contributed by atoms with Crippen LogP contribution in [0.15, 0.2) is 48.5 Å². The van der Waals surface area contributed by atoms with Crippen LogP contribution in [0, 0.1) is 0 Å². The van der Waals surface area contributed by atoms with Crippen LogP contribution in [0.25, 0.3) is 11.0 Å². The van der Waals surface area contributed by atoms with Gasteiger partial charge in [0.25, 0.3) is 5.91 Å². The fourth-order valence-electron chi connectivity index (χ4n) is 2.49. The van der Waals surface area contributed by atoms with E-state index in [1.54, 1.807) is 11.0 Å². The maximum Gasteiger partial charge on any atom is 0.253 e. The molecular formula is C17H18N4O. The van der Waals surface area contributed by atoms with Gasteiger partial charge >= 0.3 is 0 Å². The lowest BCUT2D eigenvalue weighted by Gasteiger charge is -2.17. The number of carbonyl (C=O) groups is 1. The molecule has 0 aliphatic rings. The number of fused-ring (bicyclic) bond motifs is 1. The number of hydrogen-bond acceptors (Lipinski definition) is 3. The third-order valence-corrected chi connectivity index (χ3v) is 3.67. The average Bonchev–Trinajstić information content (AvgIpc) is 2.97. The molecule has 0 unspecified atom stereocenters. The Bertz CT molecular complexity index is 795. The molecule has 0 radical (unpaired) electrons. The van der Waals surface area contributed by atoms with Gasteiger partial charge in [0, 0.05) is 25.7 Å². The molecule has 1 amide bonds. The molecule has 1 aromatic heterocycles. The van der Waals surface area contributed by atoms with Gasteiger partial charge in [-0.15, -0.1) is 5.10 Å². The number of rotatable bonds is 4. The Morgan fingerprint density at radius 3 is 2.68 bits per heavy atom. The molecule has 5 nitrogen and oxygen atoms in total. The number of aryl methyl sites for hydroxylation is 1. The van der Waals surface area contributed by atoms with Crippen LogP contribution in [0.2, 0.25) is 0 Å². The highest BCUT2D eigenvalue weighted by molar-refractivity contribution is 5.97. The van der Waals surface area contributed by atoms with Gasteiger partial charge in [-0.25, -0.2) is 4.68 Å². The Balaban J connectivity index is 1.82. The number of aromatic nitrogens is 3. The van der Waals surface area contributed by atoms with Gasteiger partial charge in [-0.3, -0.25) is 4.79 Å². The standard InChI is InChI=1S/C17H18N4O/c1-3-21-16-10-9-14(11-15(16)18-19-21)17(22)20(2)12-13-7-5-4-6-8-13/h4-11H,3,12H2,1-2H3. The molecule has 0 bridgehead atoms. The molecule has 0 spiro atoms. The molecule has 0 saturated carbocycles. The summed E-state index contributed by atoms with van der Waals surface area (Å²) in [4.78, 5) is 14.2. The molecule has 0 aliphatic carbocycles. The summed E-state index contributed by atoms with van der Waals surface area (Å²) >= 11 is 0. The van der Waals surface area contributed by atoms with Crippen LogP contribution in [0.5, 0.6) is 0 Å². The highest BCUT2D eigenvalue weighted by Gasteiger charge is 2.14. The molecule has 3 rings (SSSR count). The van der Waals surface area contributed by atoms with Crippen molar-refractivity contribution >= 4 is 16.9 Å². The van der Waals surface area contributed by atoms with Crippen molar-refractivity contribution in [2.75, 3.05) is 7.05 Å². The van der Waals surface area contributed by atoms with Gasteiger partial charge in [-0.2, -0.15) is 0 Å². The fraction of sp³-hybridized carbons (Fsp3) is 0.235. The zero-order valence-electron chi connectivity index (χ0n) is 12.7. The largest absolute Gasteiger partial charge is 0.337 e. The monoisotopic (exact) mass is 294 g/mol. The Morgan fingerprint density at radius 2 is 1.95 bits per heavy atom. The van der Waals surface area contributed by atoms with Gasteiger partial charge < -0.3 is 4.90 Å². The zero-order valence-corrected chi connectivity index (χ0v) is 12.7. The summed E-state index contributed by atoms with van der Waals surface area (Å²) in [6.07, 6.45) is 0. The van der Waals surface area contributed by atoms with Gasteiger partial charge in [0.2, 0.25) is 0 Å². The average molecular weight is 294 g/mol. The molecule has 0 saturated heterocycles. The van der Waals surface area contributed by atoms with Crippen LogP contribution >= 0.6 is 0 Å². The first-order valence-electron chi connectivity index (χ1n) is 7.31. The molecule has 0 fully saturated rings. The van der Waals surface area contributed by atoms with Gasteiger partial charge in [0.05, 0.1) is 5.52 Å². The van der Waals surface area contributed by atoms with Crippen LogP contribution in [-0.4, -0.2) is 32.8 Å². The summed E-state index contributed by atoms with van der Waals surface area (Å²) in [5.74, 6) is -0.0169. The first-order chi connectivity index (χ1) is 10.7. The van der Waals surface area contributed by atoms with Crippen LogP contribution in [0.4, 0.5) is 0 Å². The van der Waals surface area contributed by atoms with E-state index in [-0.39, 0.29) is 5.91 Å². The Morgan fingerprint density at radius 1 is 1.18 bits per heavy atom. The molecule has 3 aromatic rings. The van der Waals surface area contributed by atoms with Gasteiger partial charge in [0.15, 0.2) is 0 Å². The van der Waals surface area contributed by atoms with E-state index in [1.165, 1.54) is 0 Å². The molecule has 0 aliphatic heterocycles. The van der Waals surface area contributed by atoms with E-state index < -0.39 is 0 Å². The number of benzene rings is 2. The lowest BCUT2D eigenvalue weighted by Crippen LogP contribution is -2.26. The molecule has 0 N–H and O–H groups in total. The quantitative estimate of drug-likeness (QED) is 0.743. The lowest BCUT2D eigenvalue weighted by atomic mass is 10.1. The maximum absolute atomic E-state index is 12.5. The van der Waals surface area contributed by atoms with E-state index in [0.29, 0.717) is 12.1 Å². The van der Waals surface area contributed by atoms with Crippen LogP contribution in [0.3, 0.4) is 0 Å². The predicted molar refractivity (Wildman–Crippen MR) is 85.4 cm³/mol. The second-order valence-corrected chi connectivity index (χ2v) is 5.26. The topological polar surface area (TPSA) is 51.0 Å². The minimum Gasteiger partial charge on any atom is -0.337 e. The second-order valence-electron chi connectivity index (χ2n) is 5.26. The molecule has 2 aromatic carbocycles. The molecule has 22 heavy (non-hydrogen) atoms. The van der Waals surface area contributed by atoms with E-state index in [1.807, 2.05) is 61.1 Å². The minimum absolute atomic E-state index is 0.0169. The summed E-state index contributed by atoms with van der Waals surface area (Å²) in [6, 6.07) is 15.5. The lowest BCUT2D eigenvalue weighted by molar-refractivity contribution is 0.0785. The van der Waals surface area contributed by atoms with Gasteiger partial charge in [0.1, 0.15) is 5.52 Å². The van der Waals surface area contributed by atoms with Gasteiger partial charge in [-0.1, -0.05) is 35.5 Å². The normalized spacial score (nSPS) is 10.8. The number of nitrogens with zero attached hydrogens (tertiary/aromatic N) is 4. The fourth-order valence-corrected chi connectivity index (χ4v) is 2.49. The molecule has 5 heteroatoms. The Labute approximate surface area is 129 Å². The van der Waals surface area contributed by atoms with E-state index in [4.69, 9.17) is 0 Å². The van der Waals surface area contributed by atoms with Crippen LogP contribution < -0.4 is 0 Å². The summed E-state index contributed by atoms with van der Waals surface area (Å²) < 4.78 is 1.82. The molecule has 1 heterocycles. The van der Waals surface area contributed by atoms with Crippen molar-refractivity contribution in [2.24, 2.45) is 0 Å². The zero-order chi connectivity index (χ0) is 15.5. The maximum atomic E-state index is 12.5. The van der Waals surface area contributed by atoms with Crippen molar-refractivity contribution in [1.29, 1.82) is 0 Å². The van der Waals surface area contributed by atoms with Gasteiger partial charge in [-0.05, 0) is 30.7 Å². The van der Waals surface area contributed by atoms with E-state index in [0.717, 1.165) is 23.1 Å². The number of hydrogen-bond donors (Lipinski definition) is 0. The van der Waals surface area contributed by atoms with Crippen LogP contribution in [-0.2, 0) is 13.1 Å². The third kappa shape index (κ3) is 2.70. The van der Waals surface area contributed by atoms with Crippen molar-refractivity contribution < 1.29 is 4.79 Å². The molecular weight excluding hydrogens is 276 g/mol. The van der Waals surface area contributed by atoms with E-state index >= 15 is 0 Å². The van der Waals surface area contributed by atoms with Crippen molar-refractivity contribution in [3.63, 3.8) is 0 Å². The van der Waals surface area contributed by atoms with E-state index in [2.05, 4.69) is 10.3 Å². The summed E-state index contributed by atoms with van der Waals surface area (Å²) in [7, 11) is 1.81. The summed E-state index contributed by atoms with van der Waals surface area (Å²) in [6.45, 7) is 3.36. The van der Waals surface area contributed by atoms with Crippen molar-refractivity contribution in [3.05, 3.63) is 59.7 Å². The highest BCUT2D eigenvalue weighted by atomic mass is 16.2. The summed E-state index contributed by atoms with van der Waals surface area (Å²) in [5, 5.41) is 8.19. The highest BCUT2D eigenvalue weighted by Crippen LogP contribution is 2.15. The molecule has 112 valence electrons. The van der Waals surface area contributed by atoms with E-state index in [9.17, 15) is 4.79 Å². The Kier molecular flexibility index (Phi) is 3.87. The first-order valence-corrected chi connectivity index (χ1v) is 7.31. The van der Waals surface area contributed by atoms with Crippen molar-refractivity contribution in [1.82, 2.24) is 19.9 Å². The smallest absolute Gasteiger partial charge is 0.253 e. The second kappa shape index (κ2) is 5.97. The number of amides is 1. The third-order valence-electron chi connectivity index (χ3n) is 3.67. The van der Waals surface area contributed by atoms with Crippen molar-refractivity contribution in [2.45, 2.75) is 20.0 Å². The minimum atomic E-state index is -0.0169. The summed E-state index contributed by atoms with van der Waals surface area (Å²) in [5.41, 5.74) is 3.44. The first kappa shape index (κ1) is 14.3. The van der Waals surface area contributed by atoms with Crippen molar-refractivity contribution in [3.8, 4) is 0 Å². The SMILES string of the molecule is CCn1nnc2cc(C(=O)N(C)Cc3ccccc3)ccc21. The molecule has 0 atom stereocenters. The predicted octanol–water partition coefficient (Wildman–Crippen LogP) is 2.72. The van der Waals surface area contributed by atoms with Crippen LogP contribution in [0.1, 0.15) is 22.8 Å². The number of carbonyl (C=O) groups excluding carboxylic acids is 1. The Hall–Kier alpha value is -2.69.